The zero-order valence-corrected chi connectivity index (χ0v) is 18.1. The van der Waals surface area contributed by atoms with Gasteiger partial charge in [-0.15, -0.1) is 5.10 Å². The number of carbonyl (C=O) groups excluding carboxylic acids is 2. The zero-order chi connectivity index (χ0) is 25.2. The number of rotatable bonds is 6. The third kappa shape index (κ3) is 5.06. The van der Waals surface area contributed by atoms with E-state index in [0.29, 0.717) is 17.5 Å². The monoisotopic (exact) mass is 509 g/mol. The van der Waals surface area contributed by atoms with Gasteiger partial charge in [0.25, 0.3) is 0 Å². The van der Waals surface area contributed by atoms with Crippen LogP contribution in [0, 0.1) is 5.92 Å². The van der Waals surface area contributed by atoms with Crippen molar-refractivity contribution < 1.29 is 47.3 Å². The molecule has 2 saturated heterocycles. The van der Waals surface area contributed by atoms with Gasteiger partial charge in [0, 0.05) is 24.3 Å². The summed E-state index contributed by atoms with van der Waals surface area (Å²) in [6, 6.07) is -0.407. The molecule has 4 heterocycles. The second-order valence-electron chi connectivity index (χ2n) is 7.11. The van der Waals surface area contributed by atoms with E-state index in [2.05, 4.69) is 26.2 Å². The van der Waals surface area contributed by atoms with E-state index in [9.17, 15) is 27.6 Å². The number of aromatic nitrogens is 4. The molecule has 0 aromatic carbocycles. The second-order valence-corrected chi connectivity index (χ2v) is 8.05. The number of hydrogen-bond donors (Lipinski definition) is 4. The Morgan fingerprint density at radius 1 is 1.32 bits per heavy atom. The summed E-state index contributed by atoms with van der Waals surface area (Å²) in [5.41, 5.74) is 0.749. The minimum absolute atomic E-state index is 0.0218. The highest BCUT2D eigenvalue weighted by atomic mass is 32.2. The quantitative estimate of drug-likeness (QED) is 0.214. The highest BCUT2D eigenvalue weighted by Gasteiger charge is 2.60. The van der Waals surface area contributed by atoms with Gasteiger partial charge in [-0.05, 0) is 23.4 Å². The van der Waals surface area contributed by atoms with Crippen LogP contribution in [-0.4, -0.2) is 96.9 Å². The maximum Gasteiger partial charge on any atom is 0.512 e. The topological polar surface area (TPSA) is 189 Å². The van der Waals surface area contributed by atoms with Gasteiger partial charge >= 0.3 is 18.3 Å². The predicted molar refractivity (Wildman–Crippen MR) is 103 cm³/mol. The molecule has 2 amide bonds. The maximum absolute atomic E-state index is 12.3. The number of carboxylic acid groups (broad SMARTS) is 2. The number of carboxylic acids is 1. The number of carbonyl (C=O) groups is 4. The molecule has 3 aliphatic rings. The fourth-order valence-electron chi connectivity index (χ4n) is 3.75. The third-order valence-electron chi connectivity index (χ3n) is 5.17. The lowest BCUT2D eigenvalue weighted by Crippen LogP contribution is -2.71. The summed E-state index contributed by atoms with van der Waals surface area (Å²) >= 11 is 1.27. The summed E-state index contributed by atoms with van der Waals surface area (Å²) in [6.45, 7) is 0.653. The van der Waals surface area contributed by atoms with Crippen LogP contribution < -0.4 is 10.6 Å². The van der Waals surface area contributed by atoms with Crippen LogP contribution in [0.5, 0.6) is 0 Å². The van der Waals surface area contributed by atoms with Crippen LogP contribution in [0.15, 0.2) is 16.6 Å². The first-order valence-electron chi connectivity index (χ1n) is 9.55. The van der Waals surface area contributed by atoms with E-state index in [1.165, 1.54) is 28.4 Å². The molecule has 3 atom stereocenters. The summed E-state index contributed by atoms with van der Waals surface area (Å²) in [5, 5.41) is 33.6. The van der Waals surface area contributed by atoms with Gasteiger partial charge in [-0.25, -0.2) is 14.3 Å². The molecule has 1 unspecified atom stereocenters. The Bertz CT molecular complexity index is 1030. The number of aliphatic carboxylic acids is 1. The Kier molecular flexibility index (Phi) is 7.29. The average molecular weight is 509 g/mol. The number of halogens is 3. The highest BCUT2D eigenvalue weighted by molar-refractivity contribution is 7.99. The molecule has 14 nitrogen and oxygen atoms in total. The van der Waals surface area contributed by atoms with Crippen LogP contribution in [-0.2, 0) is 25.7 Å². The third-order valence-corrected chi connectivity index (χ3v) is 6.18. The molecule has 0 radical (unpaired) electrons. The number of β-lactam (4-membered cyclic amide) rings is 1. The van der Waals surface area contributed by atoms with Crippen LogP contribution in [0.1, 0.15) is 6.42 Å². The second kappa shape index (κ2) is 9.84. The SMILES string of the molecule is CNC(=O)Cn1nnnc1SCC1=C(OC(=O)O)N2C(=O)[C@H]3NCCC1[C@H]32.O=C(O)C(F)(F)F. The van der Waals surface area contributed by atoms with Crippen molar-refractivity contribution in [3.8, 4) is 0 Å². The van der Waals surface area contributed by atoms with E-state index >= 15 is 0 Å². The van der Waals surface area contributed by atoms with E-state index in [-0.39, 0.29) is 42.2 Å². The number of likely N-dealkylation sites (N-methyl/N-ethyl adjacent to an activating group) is 1. The molecule has 0 saturated carbocycles. The molecule has 2 fully saturated rings. The maximum atomic E-state index is 12.3. The van der Waals surface area contributed by atoms with Crippen molar-refractivity contribution >= 4 is 35.7 Å². The standard InChI is InChI=1S/C14H17N7O5S.C2HF3O2/c1-15-8(22)4-20-13(17-18-19-20)27-5-7-6-2-3-16-9-10(6)21(11(9)23)12(7)26-14(24)25;3-2(4,5)1(6)7/h6,9-10,16H,2-5H2,1H3,(H,15,22)(H,24,25);(H,6,7)/t6?,9-,10+;/m0./s1. The number of hydrogen-bond acceptors (Lipinski definition) is 10. The summed E-state index contributed by atoms with van der Waals surface area (Å²) in [4.78, 5) is 45.3. The van der Waals surface area contributed by atoms with Crippen molar-refractivity contribution in [2.24, 2.45) is 5.92 Å². The molecule has 18 heteroatoms. The number of ether oxygens (including phenoxy) is 1. The van der Waals surface area contributed by atoms with Crippen molar-refractivity contribution in [2.45, 2.75) is 36.4 Å². The van der Waals surface area contributed by atoms with Gasteiger partial charge in [0.15, 0.2) is 0 Å². The first-order chi connectivity index (χ1) is 16.0. The minimum atomic E-state index is -5.08. The van der Waals surface area contributed by atoms with Gasteiger partial charge < -0.3 is 25.6 Å². The summed E-state index contributed by atoms with van der Waals surface area (Å²) in [7, 11) is 1.52. The zero-order valence-electron chi connectivity index (χ0n) is 17.3. The van der Waals surface area contributed by atoms with E-state index in [1.807, 2.05) is 0 Å². The average Bonchev–Trinajstić information content (AvgIpc) is 3.31. The van der Waals surface area contributed by atoms with Crippen LogP contribution in [0.3, 0.4) is 0 Å². The molecule has 1 aromatic rings. The highest BCUT2D eigenvalue weighted by Crippen LogP contribution is 2.47. The molecule has 3 aliphatic heterocycles. The number of tetrazole rings is 1. The van der Waals surface area contributed by atoms with E-state index in [4.69, 9.17) is 19.7 Å². The predicted octanol–water partition coefficient (Wildman–Crippen LogP) is -0.747. The van der Waals surface area contributed by atoms with E-state index < -0.39 is 18.3 Å². The fraction of sp³-hybridized carbons (Fsp3) is 0.562. The van der Waals surface area contributed by atoms with Crippen molar-refractivity contribution in [1.29, 1.82) is 0 Å². The molecule has 1 aromatic heterocycles. The van der Waals surface area contributed by atoms with Crippen LogP contribution in [0.25, 0.3) is 0 Å². The number of alkyl halides is 3. The molecule has 34 heavy (non-hydrogen) atoms. The first-order valence-corrected chi connectivity index (χ1v) is 10.5. The smallest absolute Gasteiger partial charge is 0.475 e. The van der Waals surface area contributed by atoms with Gasteiger partial charge in [0.05, 0.1) is 6.04 Å². The number of thioether (sulfide) groups is 1. The Morgan fingerprint density at radius 2 is 2.00 bits per heavy atom. The van der Waals surface area contributed by atoms with Gasteiger partial charge in [-0.3, -0.25) is 14.5 Å². The summed E-state index contributed by atoms with van der Waals surface area (Å²) in [6.07, 6.45) is -5.77. The number of nitrogens with zero attached hydrogens (tertiary/aromatic N) is 5. The van der Waals surface area contributed by atoms with Crippen molar-refractivity contribution in [2.75, 3.05) is 19.3 Å². The number of piperidine rings is 1. The Labute approximate surface area is 192 Å². The van der Waals surface area contributed by atoms with Gasteiger partial charge in [0.2, 0.25) is 22.9 Å². The first kappa shape index (κ1) is 25.2. The summed E-state index contributed by atoms with van der Waals surface area (Å²) in [5.74, 6) is -2.69. The van der Waals surface area contributed by atoms with Crippen molar-refractivity contribution in [3.63, 3.8) is 0 Å². The lowest BCUT2D eigenvalue weighted by Gasteiger charge is -2.48. The lowest BCUT2D eigenvalue weighted by atomic mass is 9.80. The Balaban J connectivity index is 0.000000406. The largest absolute Gasteiger partial charge is 0.512 e. The molecule has 186 valence electrons. The van der Waals surface area contributed by atoms with Crippen LogP contribution in [0.4, 0.5) is 18.0 Å². The normalized spacial score (nSPS) is 22.9. The molecule has 0 spiro atoms. The van der Waals surface area contributed by atoms with Crippen LogP contribution >= 0.6 is 11.8 Å². The van der Waals surface area contributed by atoms with Gasteiger partial charge in [-0.1, -0.05) is 11.8 Å². The lowest BCUT2D eigenvalue weighted by molar-refractivity contribution is -0.192. The molecule has 0 aliphatic carbocycles. The number of nitrogens with one attached hydrogen (secondary N) is 2. The van der Waals surface area contributed by atoms with Crippen LogP contribution in [0.2, 0.25) is 0 Å². The van der Waals surface area contributed by atoms with Crippen molar-refractivity contribution in [1.82, 2.24) is 35.7 Å². The van der Waals surface area contributed by atoms with Gasteiger partial charge in [-0.2, -0.15) is 13.2 Å². The van der Waals surface area contributed by atoms with E-state index in [0.717, 1.165) is 12.0 Å². The fourth-order valence-corrected chi connectivity index (χ4v) is 4.71. The Hall–Kier alpha value is -3.41. The van der Waals surface area contributed by atoms with Crippen molar-refractivity contribution in [3.05, 3.63) is 11.5 Å². The molecule has 4 N–H and O–H groups in total. The van der Waals surface area contributed by atoms with E-state index in [1.54, 1.807) is 0 Å². The minimum Gasteiger partial charge on any atom is -0.475 e. The molecular weight excluding hydrogens is 491 g/mol. The number of amides is 2. The summed E-state index contributed by atoms with van der Waals surface area (Å²) < 4.78 is 38.1. The molecule has 4 rings (SSSR count). The van der Waals surface area contributed by atoms with Gasteiger partial charge in [0.1, 0.15) is 12.6 Å². The molecular formula is C16H18F3N7O7S. The Morgan fingerprint density at radius 3 is 2.59 bits per heavy atom. The molecule has 0 bridgehead atoms.